The molecule has 0 aliphatic heterocycles. The van der Waals surface area contributed by atoms with Crippen LogP contribution in [-0.2, 0) is 11.2 Å². The third kappa shape index (κ3) is 4.28. The van der Waals surface area contributed by atoms with Crippen molar-refractivity contribution in [2.75, 3.05) is 0 Å². The van der Waals surface area contributed by atoms with Gasteiger partial charge in [-0.3, -0.25) is 4.79 Å². The third-order valence-corrected chi connectivity index (χ3v) is 3.39. The summed E-state index contributed by atoms with van der Waals surface area (Å²) in [5.74, 6) is -0.0998. The summed E-state index contributed by atoms with van der Waals surface area (Å²) < 4.78 is 0. The van der Waals surface area contributed by atoms with Crippen molar-refractivity contribution in [3.05, 3.63) is 70.8 Å². The number of rotatable bonds is 4. The number of nitrogens with zero attached hydrogens (tertiary/aromatic N) is 1. The highest BCUT2D eigenvalue weighted by molar-refractivity contribution is 5.99. The number of hydrazone groups is 1. The minimum absolute atomic E-state index is 0.0998. The molecule has 108 valence electrons. The van der Waals surface area contributed by atoms with Gasteiger partial charge < -0.3 is 0 Å². The first-order valence-corrected chi connectivity index (χ1v) is 7.01. The van der Waals surface area contributed by atoms with E-state index in [1.807, 2.05) is 63.2 Å². The number of aryl methyl sites for hydroxylation is 2. The van der Waals surface area contributed by atoms with Crippen molar-refractivity contribution in [3.63, 3.8) is 0 Å². The second-order valence-electron chi connectivity index (χ2n) is 5.20. The van der Waals surface area contributed by atoms with Crippen molar-refractivity contribution in [1.82, 2.24) is 5.43 Å². The maximum Gasteiger partial charge on any atom is 0.244 e. The predicted molar refractivity (Wildman–Crippen MR) is 86.4 cm³/mol. The van der Waals surface area contributed by atoms with E-state index in [9.17, 15) is 4.79 Å². The Bertz CT molecular complexity index is 660. The molecule has 0 aliphatic rings. The second kappa shape index (κ2) is 6.84. The van der Waals surface area contributed by atoms with Gasteiger partial charge in [0.15, 0.2) is 0 Å². The first-order valence-electron chi connectivity index (χ1n) is 7.01. The fraction of sp³-hybridized carbons (Fsp3) is 0.222. The van der Waals surface area contributed by atoms with Crippen LogP contribution < -0.4 is 5.43 Å². The molecule has 3 nitrogen and oxygen atoms in total. The van der Waals surface area contributed by atoms with Crippen LogP contribution >= 0.6 is 0 Å². The molecule has 0 heterocycles. The second-order valence-corrected chi connectivity index (χ2v) is 5.20. The van der Waals surface area contributed by atoms with Gasteiger partial charge in [0.1, 0.15) is 0 Å². The number of amides is 1. The summed E-state index contributed by atoms with van der Waals surface area (Å²) in [7, 11) is 0. The molecule has 2 aromatic rings. The lowest BCUT2D eigenvalue weighted by Gasteiger charge is -2.06. The first kappa shape index (κ1) is 15.0. The van der Waals surface area contributed by atoms with Gasteiger partial charge in [0.05, 0.1) is 12.1 Å². The lowest BCUT2D eigenvalue weighted by Crippen LogP contribution is -2.21. The van der Waals surface area contributed by atoms with E-state index >= 15 is 0 Å². The van der Waals surface area contributed by atoms with Crippen LogP contribution in [0.15, 0.2) is 53.6 Å². The van der Waals surface area contributed by atoms with Crippen LogP contribution in [0.1, 0.15) is 29.2 Å². The minimum Gasteiger partial charge on any atom is -0.273 e. The summed E-state index contributed by atoms with van der Waals surface area (Å²) >= 11 is 0. The van der Waals surface area contributed by atoms with E-state index in [-0.39, 0.29) is 5.91 Å². The number of hydrogen-bond donors (Lipinski definition) is 1. The lowest BCUT2D eigenvalue weighted by atomic mass is 10.0. The lowest BCUT2D eigenvalue weighted by molar-refractivity contribution is -0.120. The molecule has 2 aromatic carbocycles. The van der Waals surface area contributed by atoms with E-state index in [4.69, 9.17) is 0 Å². The zero-order valence-corrected chi connectivity index (χ0v) is 12.7. The first-order chi connectivity index (χ1) is 10.1. The average Bonchev–Trinajstić information content (AvgIpc) is 2.48. The van der Waals surface area contributed by atoms with E-state index in [0.717, 1.165) is 22.4 Å². The van der Waals surface area contributed by atoms with E-state index in [0.29, 0.717) is 6.42 Å². The summed E-state index contributed by atoms with van der Waals surface area (Å²) in [6.45, 7) is 5.95. The Morgan fingerprint density at radius 3 is 2.48 bits per heavy atom. The quantitative estimate of drug-likeness (QED) is 0.677. The highest BCUT2D eigenvalue weighted by Crippen LogP contribution is 2.11. The monoisotopic (exact) mass is 280 g/mol. The van der Waals surface area contributed by atoms with Crippen molar-refractivity contribution in [3.8, 4) is 0 Å². The summed E-state index contributed by atoms with van der Waals surface area (Å²) in [5.41, 5.74) is 7.79. The van der Waals surface area contributed by atoms with Crippen LogP contribution in [0.5, 0.6) is 0 Å². The predicted octanol–water partition coefficient (Wildman–Crippen LogP) is 3.39. The van der Waals surface area contributed by atoms with Crippen molar-refractivity contribution in [2.45, 2.75) is 27.2 Å². The molecule has 2 rings (SSSR count). The molecule has 0 saturated heterocycles. The van der Waals surface area contributed by atoms with Gasteiger partial charge in [0.2, 0.25) is 5.91 Å². The van der Waals surface area contributed by atoms with Gasteiger partial charge in [-0.15, -0.1) is 0 Å². The van der Waals surface area contributed by atoms with Crippen molar-refractivity contribution >= 4 is 11.6 Å². The molecule has 0 unspecified atom stereocenters. The van der Waals surface area contributed by atoms with Crippen LogP contribution in [0.2, 0.25) is 0 Å². The molecule has 0 radical (unpaired) electrons. The number of carbonyl (C=O) groups is 1. The van der Waals surface area contributed by atoms with Crippen LogP contribution in [-0.4, -0.2) is 11.6 Å². The molecule has 0 fully saturated rings. The van der Waals surface area contributed by atoms with E-state index < -0.39 is 0 Å². The van der Waals surface area contributed by atoms with Gasteiger partial charge in [0.25, 0.3) is 0 Å². The average molecular weight is 280 g/mol. The number of hydrogen-bond acceptors (Lipinski definition) is 2. The number of nitrogens with one attached hydrogen (secondary N) is 1. The Kier molecular flexibility index (Phi) is 4.88. The largest absolute Gasteiger partial charge is 0.273 e. The highest BCUT2D eigenvalue weighted by Gasteiger charge is 2.05. The molecule has 0 saturated carbocycles. The molecule has 21 heavy (non-hydrogen) atoms. The highest BCUT2D eigenvalue weighted by atomic mass is 16.2. The molecule has 0 aromatic heterocycles. The van der Waals surface area contributed by atoms with Gasteiger partial charge in [-0.05, 0) is 37.5 Å². The molecule has 0 aliphatic carbocycles. The molecule has 0 atom stereocenters. The maximum absolute atomic E-state index is 12.0. The van der Waals surface area contributed by atoms with Gasteiger partial charge in [-0.25, -0.2) is 5.43 Å². The van der Waals surface area contributed by atoms with Crippen LogP contribution in [0, 0.1) is 13.8 Å². The number of carbonyl (C=O) groups excluding carboxylic acids is 1. The van der Waals surface area contributed by atoms with Crippen molar-refractivity contribution in [1.29, 1.82) is 0 Å². The summed E-state index contributed by atoms with van der Waals surface area (Å²) in [6.07, 6.45) is 0.345. The Labute approximate surface area is 125 Å². The molecule has 3 heteroatoms. The van der Waals surface area contributed by atoms with Gasteiger partial charge in [-0.1, -0.05) is 54.1 Å². The fourth-order valence-electron chi connectivity index (χ4n) is 2.15. The Balaban J connectivity index is 1.99. The summed E-state index contributed by atoms with van der Waals surface area (Å²) in [6, 6.07) is 15.9. The molecular weight excluding hydrogens is 260 g/mol. The third-order valence-electron chi connectivity index (χ3n) is 3.39. The van der Waals surface area contributed by atoms with E-state index in [1.54, 1.807) is 0 Å². The summed E-state index contributed by atoms with van der Waals surface area (Å²) in [4.78, 5) is 12.0. The molecule has 0 spiro atoms. The van der Waals surface area contributed by atoms with Crippen LogP contribution in [0.25, 0.3) is 0 Å². The topological polar surface area (TPSA) is 41.5 Å². The minimum atomic E-state index is -0.0998. The zero-order chi connectivity index (χ0) is 15.2. The molecule has 0 bridgehead atoms. The maximum atomic E-state index is 12.0. The number of benzene rings is 2. The zero-order valence-electron chi connectivity index (χ0n) is 12.7. The van der Waals surface area contributed by atoms with Crippen molar-refractivity contribution in [2.24, 2.45) is 5.10 Å². The molecule has 1 N–H and O–H groups in total. The Morgan fingerprint density at radius 2 is 1.81 bits per heavy atom. The normalized spacial score (nSPS) is 11.3. The summed E-state index contributed by atoms with van der Waals surface area (Å²) in [5, 5.41) is 4.15. The van der Waals surface area contributed by atoms with Crippen LogP contribution in [0.3, 0.4) is 0 Å². The van der Waals surface area contributed by atoms with Gasteiger partial charge in [-0.2, -0.15) is 5.10 Å². The van der Waals surface area contributed by atoms with E-state index in [2.05, 4.69) is 16.6 Å². The smallest absolute Gasteiger partial charge is 0.244 e. The van der Waals surface area contributed by atoms with Crippen LogP contribution in [0.4, 0.5) is 0 Å². The SMILES string of the molecule is C/C(=N/NC(=O)Cc1ccc(C)cc1C)c1ccccc1. The molecular formula is C18H20N2O. The standard InChI is InChI=1S/C18H20N2O/c1-13-9-10-17(14(2)11-13)12-18(21)20-19-15(3)16-7-5-4-6-8-16/h4-11H,12H2,1-3H3,(H,20,21)/b19-15-. The van der Waals surface area contributed by atoms with Gasteiger partial charge >= 0.3 is 0 Å². The fourth-order valence-corrected chi connectivity index (χ4v) is 2.15. The molecule has 1 amide bonds. The Hall–Kier alpha value is -2.42. The van der Waals surface area contributed by atoms with Gasteiger partial charge in [0, 0.05) is 0 Å². The van der Waals surface area contributed by atoms with E-state index in [1.165, 1.54) is 5.56 Å². The van der Waals surface area contributed by atoms with Crippen molar-refractivity contribution < 1.29 is 4.79 Å². The Morgan fingerprint density at radius 1 is 1.10 bits per heavy atom.